The van der Waals surface area contributed by atoms with Gasteiger partial charge in [-0.05, 0) is 61.7 Å². The number of nitrogens with zero attached hydrogens (tertiary/aromatic N) is 4. The number of halogens is 1. The number of rotatable bonds is 3. The third-order valence-electron chi connectivity index (χ3n) is 4.84. The molecule has 0 aliphatic carbocycles. The summed E-state index contributed by atoms with van der Waals surface area (Å²) >= 11 is 5.93. The van der Waals surface area contributed by atoms with Crippen LogP contribution >= 0.6 is 11.6 Å². The number of amides is 2. The number of anilines is 1. The predicted octanol–water partition coefficient (Wildman–Crippen LogP) is 5.02. The van der Waals surface area contributed by atoms with Crippen LogP contribution in [0.1, 0.15) is 36.8 Å². The minimum Gasteiger partial charge on any atom is -0.337 e. The molecule has 0 saturated carbocycles. The van der Waals surface area contributed by atoms with Crippen molar-refractivity contribution in [1.82, 2.24) is 15.0 Å². The molecule has 7 nitrogen and oxygen atoms in total. The van der Waals surface area contributed by atoms with Gasteiger partial charge in [-0.3, -0.25) is 0 Å². The van der Waals surface area contributed by atoms with Crippen LogP contribution in [-0.4, -0.2) is 27.6 Å². The van der Waals surface area contributed by atoms with Crippen molar-refractivity contribution in [2.24, 2.45) is 0 Å². The maximum atomic E-state index is 12.9. The Morgan fingerprint density at radius 1 is 1.24 bits per heavy atom. The summed E-state index contributed by atoms with van der Waals surface area (Å²) in [5.41, 5.74) is 1.86. The lowest BCUT2D eigenvalue weighted by molar-refractivity contribution is 0.142. The normalized spacial score (nSPS) is 16.3. The average Bonchev–Trinajstić information content (AvgIpc) is 3.24. The topological polar surface area (TPSA) is 95.1 Å². The van der Waals surface area contributed by atoms with Crippen LogP contribution in [0.4, 0.5) is 10.5 Å². The average molecular weight is 408 g/mol. The quantitative estimate of drug-likeness (QED) is 0.657. The van der Waals surface area contributed by atoms with E-state index in [1.165, 1.54) is 0 Å². The lowest BCUT2D eigenvalue weighted by atomic mass is 10.0. The van der Waals surface area contributed by atoms with Crippen molar-refractivity contribution in [2.75, 3.05) is 11.9 Å². The summed E-state index contributed by atoms with van der Waals surface area (Å²) in [5, 5.41) is 16.6. The van der Waals surface area contributed by atoms with Crippen LogP contribution in [0.15, 0.2) is 53.1 Å². The largest absolute Gasteiger partial charge is 0.337 e. The molecule has 0 spiro atoms. The Hall–Kier alpha value is -3.37. The maximum Gasteiger partial charge on any atom is 0.322 e. The van der Waals surface area contributed by atoms with E-state index in [1.54, 1.807) is 41.3 Å². The second kappa shape index (κ2) is 8.33. The van der Waals surface area contributed by atoms with Gasteiger partial charge in [0.2, 0.25) is 11.7 Å². The fourth-order valence-electron chi connectivity index (χ4n) is 3.38. The fraction of sp³-hybridized carbons (Fsp3) is 0.238. The Labute approximate surface area is 172 Å². The van der Waals surface area contributed by atoms with Crippen molar-refractivity contribution in [1.29, 1.82) is 5.26 Å². The highest BCUT2D eigenvalue weighted by molar-refractivity contribution is 6.30. The van der Waals surface area contributed by atoms with Gasteiger partial charge >= 0.3 is 6.03 Å². The molecule has 146 valence electrons. The Morgan fingerprint density at radius 2 is 2.07 bits per heavy atom. The summed E-state index contributed by atoms with van der Waals surface area (Å²) in [5.74, 6) is 0.875. The molecule has 0 bridgehead atoms. The van der Waals surface area contributed by atoms with E-state index in [-0.39, 0.29) is 12.1 Å². The molecule has 1 aliphatic heterocycles. The van der Waals surface area contributed by atoms with Crippen molar-refractivity contribution >= 4 is 23.3 Å². The van der Waals surface area contributed by atoms with Gasteiger partial charge in [-0.2, -0.15) is 10.2 Å². The smallest absolute Gasteiger partial charge is 0.322 e. The highest BCUT2D eigenvalue weighted by Crippen LogP contribution is 2.32. The number of carbonyl (C=O) groups is 1. The van der Waals surface area contributed by atoms with Gasteiger partial charge in [-0.1, -0.05) is 22.8 Å². The number of hydrogen-bond acceptors (Lipinski definition) is 5. The summed E-state index contributed by atoms with van der Waals surface area (Å²) in [6.45, 7) is 0.590. The number of nitrogens with one attached hydrogen (secondary N) is 1. The molecule has 2 amide bonds. The second-order valence-electron chi connectivity index (χ2n) is 6.79. The van der Waals surface area contributed by atoms with Crippen molar-refractivity contribution in [3.63, 3.8) is 0 Å². The van der Waals surface area contributed by atoms with E-state index >= 15 is 0 Å². The predicted molar refractivity (Wildman–Crippen MR) is 108 cm³/mol. The second-order valence-corrected chi connectivity index (χ2v) is 7.23. The minimum absolute atomic E-state index is 0.254. The summed E-state index contributed by atoms with van der Waals surface area (Å²) in [4.78, 5) is 19.1. The lowest BCUT2D eigenvalue weighted by Crippen LogP contribution is -2.41. The molecule has 4 rings (SSSR count). The van der Waals surface area contributed by atoms with Crippen molar-refractivity contribution in [3.05, 3.63) is 65.0 Å². The molecular weight excluding hydrogens is 390 g/mol. The zero-order valence-electron chi connectivity index (χ0n) is 15.5. The number of nitriles is 1. The van der Waals surface area contributed by atoms with Crippen LogP contribution in [0, 0.1) is 11.3 Å². The molecule has 1 aromatic heterocycles. The molecule has 1 unspecified atom stereocenters. The number of aromatic nitrogens is 2. The first-order valence-electron chi connectivity index (χ1n) is 9.31. The van der Waals surface area contributed by atoms with Crippen LogP contribution in [0.5, 0.6) is 0 Å². The van der Waals surface area contributed by atoms with E-state index in [2.05, 4.69) is 21.5 Å². The maximum absolute atomic E-state index is 12.9. The van der Waals surface area contributed by atoms with Crippen LogP contribution in [0.3, 0.4) is 0 Å². The first kappa shape index (κ1) is 19.0. The third kappa shape index (κ3) is 4.23. The van der Waals surface area contributed by atoms with E-state index in [9.17, 15) is 4.79 Å². The van der Waals surface area contributed by atoms with Gasteiger partial charge in [-0.15, -0.1) is 0 Å². The first-order valence-corrected chi connectivity index (χ1v) is 9.69. The van der Waals surface area contributed by atoms with E-state index in [1.807, 2.05) is 12.1 Å². The summed E-state index contributed by atoms with van der Waals surface area (Å²) in [6.07, 6.45) is 2.62. The van der Waals surface area contributed by atoms with E-state index < -0.39 is 0 Å². The molecule has 29 heavy (non-hydrogen) atoms. The molecule has 0 radical (unpaired) electrons. The van der Waals surface area contributed by atoms with Crippen LogP contribution in [0.2, 0.25) is 5.02 Å². The number of piperidine rings is 1. The molecular formula is C21H18ClN5O2. The zero-order valence-corrected chi connectivity index (χ0v) is 16.3. The van der Waals surface area contributed by atoms with Crippen LogP contribution < -0.4 is 5.32 Å². The first-order chi connectivity index (χ1) is 14.1. The summed E-state index contributed by atoms with van der Waals surface area (Å²) < 4.78 is 5.50. The number of likely N-dealkylation sites (tertiary alicyclic amines) is 1. The summed E-state index contributed by atoms with van der Waals surface area (Å²) in [7, 11) is 0. The summed E-state index contributed by atoms with van der Waals surface area (Å²) in [6, 6.07) is 15.5. The Kier molecular flexibility index (Phi) is 5.45. The number of hydrogen-bond donors (Lipinski definition) is 1. The van der Waals surface area contributed by atoms with Gasteiger partial charge in [0.05, 0.1) is 11.6 Å². The molecule has 1 saturated heterocycles. The van der Waals surface area contributed by atoms with Gasteiger partial charge in [0.25, 0.3) is 0 Å². The number of benzene rings is 2. The monoisotopic (exact) mass is 407 g/mol. The fourth-order valence-corrected chi connectivity index (χ4v) is 3.51. The molecule has 1 fully saturated rings. The highest BCUT2D eigenvalue weighted by atomic mass is 35.5. The molecule has 2 aromatic carbocycles. The zero-order chi connectivity index (χ0) is 20.2. The molecule has 1 atom stereocenters. The van der Waals surface area contributed by atoms with Gasteiger partial charge < -0.3 is 14.7 Å². The van der Waals surface area contributed by atoms with Crippen molar-refractivity contribution < 1.29 is 9.32 Å². The SMILES string of the molecule is N#Cc1cccc(NC(=O)N2CCCCC2c2nc(-c3ccc(Cl)cc3)no2)c1. The molecule has 1 aliphatic rings. The molecule has 1 N–H and O–H groups in total. The standard InChI is InChI=1S/C21H18ClN5O2/c22-16-9-7-15(8-10-16)19-25-20(29-26-19)18-6-1-2-11-27(18)21(28)24-17-5-3-4-14(12-17)13-23/h3-5,7-10,12,18H,1-2,6,11H2,(H,24,28). The van der Waals surface area contributed by atoms with Crippen LogP contribution in [0.25, 0.3) is 11.4 Å². The van der Waals surface area contributed by atoms with Gasteiger partial charge in [0, 0.05) is 22.8 Å². The van der Waals surface area contributed by atoms with E-state index in [0.717, 1.165) is 24.8 Å². The molecule has 8 heteroatoms. The van der Waals surface area contributed by atoms with E-state index in [0.29, 0.717) is 34.5 Å². The molecule has 3 aromatic rings. The number of carbonyl (C=O) groups excluding carboxylic acids is 1. The van der Waals surface area contributed by atoms with Crippen molar-refractivity contribution in [3.8, 4) is 17.5 Å². The highest BCUT2D eigenvalue weighted by Gasteiger charge is 2.32. The van der Waals surface area contributed by atoms with Crippen molar-refractivity contribution in [2.45, 2.75) is 25.3 Å². The minimum atomic E-state index is -0.295. The van der Waals surface area contributed by atoms with Gasteiger partial charge in [0.1, 0.15) is 6.04 Å². The number of urea groups is 1. The van der Waals surface area contributed by atoms with Gasteiger partial charge in [0.15, 0.2) is 0 Å². The van der Waals surface area contributed by atoms with Gasteiger partial charge in [-0.25, -0.2) is 4.79 Å². The van der Waals surface area contributed by atoms with E-state index in [4.69, 9.17) is 21.4 Å². The Morgan fingerprint density at radius 3 is 2.86 bits per heavy atom. The third-order valence-corrected chi connectivity index (χ3v) is 5.09. The lowest BCUT2D eigenvalue weighted by Gasteiger charge is -2.33. The Bertz CT molecular complexity index is 1060. The molecule has 2 heterocycles. The van der Waals surface area contributed by atoms with Crippen LogP contribution in [-0.2, 0) is 0 Å². The Balaban J connectivity index is 1.53.